The third-order valence-electron chi connectivity index (χ3n) is 5.77. The number of carbonyl (C=O) groups is 1. The molecule has 0 aliphatic carbocycles. The van der Waals surface area contributed by atoms with Crippen LogP contribution in [0.3, 0.4) is 0 Å². The third kappa shape index (κ3) is 4.61. The van der Waals surface area contributed by atoms with E-state index in [4.69, 9.17) is 9.47 Å². The lowest BCUT2D eigenvalue weighted by atomic mass is 10.1. The second-order valence-corrected chi connectivity index (χ2v) is 8.86. The number of nitrogens with one attached hydrogen (secondary N) is 1. The summed E-state index contributed by atoms with van der Waals surface area (Å²) in [5.41, 5.74) is 3.33. The van der Waals surface area contributed by atoms with Gasteiger partial charge in [-0.2, -0.15) is 5.26 Å². The number of aryl methyl sites for hydroxylation is 1. The molecule has 0 spiro atoms. The van der Waals surface area contributed by atoms with Gasteiger partial charge in [0.15, 0.2) is 0 Å². The van der Waals surface area contributed by atoms with E-state index in [1.165, 1.54) is 11.3 Å². The lowest BCUT2D eigenvalue weighted by molar-refractivity contribution is -0.112. The normalized spacial score (nSPS) is 13.6. The molecule has 2 aromatic heterocycles. The van der Waals surface area contributed by atoms with E-state index in [9.17, 15) is 10.1 Å². The molecule has 0 atom stereocenters. The van der Waals surface area contributed by atoms with Crippen LogP contribution in [-0.2, 0) is 4.79 Å². The summed E-state index contributed by atoms with van der Waals surface area (Å²) in [6, 6.07) is 9.50. The van der Waals surface area contributed by atoms with Crippen molar-refractivity contribution in [3.05, 3.63) is 46.8 Å². The number of benzene rings is 1. The monoisotopic (exact) mass is 478 g/mol. The van der Waals surface area contributed by atoms with Crippen LogP contribution in [0.2, 0.25) is 0 Å². The summed E-state index contributed by atoms with van der Waals surface area (Å²) in [7, 11) is 3.22. The maximum absolute atomic E-state index is 12.8. The molecule has 1 amide bonds. The molecule has 34 heavy (non-hydrogen) atoms. The summed E-state index contributed by atoms with van der Waals surface area (Å²) >= 11 is 1.31. The van der Waals surface area contributed by atoms with Crippen molar-refractivity contribution < 1.29 is 14.3 Å². The van der Waals surface area contributed by atoms with E-state index in [2.05, 4.69) is 20.4 Å². The van der Waals surface area contributed by atoms with E-state index in [0.717, 1.165) is 53.7 Å². The zero-order chi connectivity index (χ0) is 24.2. The summed E-state index contributed by atoms with van der Waals surface area (Å²) in [6.45, 7) is 5.77. The summed E-state index contributed by atoms with van der Waals surface area (Å²) in [5.74, 6) is 0.861. The van der Waals surface area contributed by atoms with Crippen LogP contribution in [0.1, 0.15) is 29.8 Å². The largest absolute Gasteiger partial charge is 0.497 e. The quantitative estimate of drug-likeness (QED) is 0.402. The minimum absolute atomic E-state index is 0.0178. The van der Waals surface area contributed by atoms with E-state index in [1.54, 1.807) is 20.3 Å². The fourth-order valence-electron chi connectivity index (χ4n) is 4.05. The zero-order valence-corrected chi connectivity index (χ0v) is 20.4. The first-order valence-electron chi connectivity index (χ1n) is 10.9. The fourth-order valence-corrected chi connectivity index (χ4v) is 4.84. The molecule has 1 N–H and O–H groups in total. The van der Waals surface area contributed by atoms with Gasteiger partial charge < -0.3 is 18.9 Å². The number of aromatic nitrogens is 3. The highest BCUT2D eigenvalue weighted by molar-refractivity contribution is 7.19. The van der Waals surface area contributed by atoms with Gasteiger partial charge in [0, 0.05) is 30.5 Å². The van der Waals surface area contributed by atoms with Crippen molar-refractivity contribution in [3.8, 4) is 23.3 Å². The van der Waals surface area contributed by atoms with Gasteiger partial charge >= 0.3 is 0 Å². The molecule has 1 aliphatic rings. The molecular formula is C24H26N6O3S. The molecule has 3 aromatic rings. The van der Waals surface area contributed by atoms with Gasteiger partial charge in [-0.3, -0.25) is 10.1 Å². The summed E-state index contributed by atoms with van der Waals surface area (Å²) in [6.07, 6.45) is 3.84. The number of methoxy groups -OCH3 is 2. The molecular weight excluding hydrogens is 452 g/mol. The van der Waals surface area contributed by atoms with Crippen LogP contribution in [0.25, 0.3) is 11.8 Å². The third-order valence-corrected chi connectivity index (χ3v) is 6.67. The number of hydrogen-bond acceptors (Lipinski definition) is 8. The summed E-state index contributed by atoms with van der Waals surface area (Å²) < 4.78 is 12.9. The van der Waals surface area contributed by atoms with Crippen molar-refractivity contribution in [2.24, 2.45) is 0 Å². The van der Waals surface area contributed by atoms with E-state index in [0.29, 0.717) is 16.6 Å². The number of nitriles is 1. The lowest BCUT2D eigenvalue weighted by Gasteiger charge is -2.15. The first kappa shape index (κ1) is 23.3. The molecule has 9 nitrogen and oxygen atoms in total. The van der Waals surface area contributed by atoms with Gasteiger partial charge in [0.2, 0.25) is 10.3 Å². The smallest absolute Gasteiger partial charge is 0.268 e. The van der Waals surface area contributed by atoms with Crippen LogP contribution in [0, 0.1) is 25.2 Å². The Hall–Kier alpha value is -3.84. The Bertz CT molecular complexity index is 1280. The number of ether oxygens (including phenoxy) is 2. The van der Waals surface area contributed by atoms with Crippen LogP contribution in [0.5, 0.6) is 11.5 Å². The minimum atomic E-state index is -0.518. The topological polar surface area (TPSA) is 105 Å². The standard InChI is InChI=1S/C24H26N6O3S/c1-15-11-17(16(2)30(15)20-13-19(32-3)7-8-21(20)33-4)12-18(14-25)22(31)26-23-27-28-24(34-23)29-9-5-6-10-29/h7-8,11-13H,5-6,9-10H2,1-4H3,(H,26,27,31)/b18-12-. The highest BCUT2D eigenvalue weighted by Crippen LogP contribution is 2.32. The van der Waals surface area contributed by atoms with Crippen LogP contribution >= 0.6 is 11.3 Å². The number of rotatable bonds is 7. The summed E-state index contributed by atoms with van der Waals surface area (Å²) in [4.78, 5) is 15.0. The SMILES string of the molecule is COc1ccc(OC)c(-n2c(C)cc(/C=C(/C#N)C(=O)Nc3nnc(N4CCCC4)s3)c2C)c1. The number of nitrogens with zero attached hydrogens (tertiary/aromatic N) is 5. The average Bonchev–Trinajstić information content (AvgIpc) is 3.58. The maximum atomic E-state index is 12.8. The molecule has 0 radical (unpaired) electrons. The van der Waals surface area contributed by atoms with Gasteiger partial charge in [0.25, 0.3) is 5.91 Å². The van der Waals surface area contributed by atoms with Crippen molar-refractivity contribution >= 4 is 33.6 Å². The van der Waals surface area contributed by atoms with Gasteiger partial charge in [-0.25, -0.2) is 0 Å². The van der Waals surface area contributed by atoms with Crippen molar-refractivity contribution in [1.29, 1.82) is 5.26 Å². The Kier molecular flexibility index (Phi) is 6.84. The molecule has 1 fully saturated rings. The molecule has 1 aliphatic heterocycles. The van der Waals surface area contributed by atoms with E-state index in [-0.39, 0.29) is 5.57 Å². The Balaban J connectivity index is 1.61. The minimum Gasteiger partial charge on any atom is -0.497 e. The number of carbonyl (C=O) groups excluding carboxylic acids is 1. The number of amides is 1. The first-order chi connectivity index (χ1) is 16.4. The summed E-state index contributed by atoms with van der Waals surface area (Å²) in [5, 5.41) is 21.8. The van der Waals surface area contributed by atoms with E-state index < -0.39 is 5.91 Å². The van der Waals surface area contributed by atoms with Crippen molar-refractivity contribution in [1.82, 2.24) is 14.8 Å². The van der Waals surface area contributed by atoms with Gasteiger partial charge in [-0.15, -0.1) is 10.2 Å². The van der Waals surface area contributed by atoms with Crippen molar-refractivity contribution in [2.75, 3.05) is 37.5 Å². The fraction of sp³-hybridized carbons (Fsp3) is 0.333. The van der Waals surface area contributed by atoms with Crippen molar-refractivity contribution in [3.63, 3.8) is 0 Å². The Morgan fingerprint density at radius 1 is 1.18 bits per heavy atom. The molecule has 0 unspecified atom stereocenters. The Labute approximate surface area is 202 Å². The molecule has 4 rings (SSSR count). The second-order valence-electron chi connectivity index (χ2n) is 7.91. The predicted molar refractivity (Wildman–Crippen MR) is 132 cm³/mol. The van der Waals surface area contributed by atoms with Gasteiger partial charge in [-0.1, -0.05) is 11.3 Å². The molecule has 0 saturated carbocycles. The molecule has 10 heteroatoms. The zero-order valence-electron chi connectivity index (χ0n) is 19.6. The highest BCUT2D eigenvalue weighted by atomic mass is 32.1. The maximum Gasteiger partial charge on any atom is 0.268 e. The molecule has 1 aromatic carbocycles. The molecule has 3 heterocycles. The van der Waals surface area contributed by atoms with Gasteiger partial charge in [0.05, 0.1) is 19.9 Å². The number of anilines is 2. The van der Waals surface area contributed by atoms with Crippen LogP contribution < -0.4 is 19.7 Å². The highest BCUT2D eigenvalue weighted by Gasteiger charge is 2.20. The van der Waals surface area contributed by atoms with Gasteiger partial charge in [0.1, 0.15) is 23.1 Å². The van der Waals surface area contributed by atoms with Crippen LogP contribution in [0.4, 0.5) is 10.3 Å². The number of hydrogen-bond donors (Lipinski definition) is 1. The molecule has 176 valence electrons. The van der Waals surface area contributed by atoms with Crippen LogP contribution in [0.15, 0.2) is 29.8 Å². The van der Waals surface area contributed by atoms with E-state index in [1.807, 2.05) is 48.7 Å². The molecule has 0 bridgehead atoms. The average molecular weight is 479 g/mol. The Morgan fingerprint density at radius 3 is 2.62 bits per heavy atom. The van der Waals surface area contributed by atoms with Crippen molar-refractivity contribution in [2.45, 2.75) is 26.7 Å². The van der Waals surface area contributed by atoms with Gasteiger partial charge in [-0.05, 0) is 56.5 Å². The molecule has 1 saturated heterocycles. The Morgan fingerprint density at radius 2 is 1.94 bits per heavy atom. The van der Waals surface area contributed by atoms with Crippen LogP contribution in [-0.4, -0.2) is 48.0 Å². The van der Waals surface area contributed by atoms with E-state index >= 15 is 0 Å². The predicted octanol–water partition coefficient (Wildman–Crippen LogP) is 4.11. The lowest BCUT2D eigenvalue weighted by Crippen LogP contribution is -2.17. The second kappa shape index (κ2) is 9.97. The first-order valence-corrected chi connectivity index (χ1v) is 11.7.